The van der Waals surface area contributed by atoms with Gasteiger partial charge in [-0.3, -0.25) is 14.7 Å². The van der Waals surface area contributed by atoms with Gasteiger partial charge in [0.2, 0.25) is 5.91 Å². The minimum absolute atomic E-state index is 0.0450. The molecule has 0 radical (unpaired) electrons. The van der Waals surface area contributed by atoms with Crippen LogP contribution < -0.4 is 5.32 Å². The number of pyridine rings is 1. The van der Waals surface area contributed by atoms with Gasteiger partial charge in [0.05, 0.1) is 6.61 Å². The normalized spacial score (nSPS) is 22.9. The number of hydrogen-bond donors (Lipinski definition) is 1. The van der Waals surface area contributed by atoms with Crippen molar-refractivity contribution in [1.82, 2.24) is 15.2 Å². The van der Waals surface area contributed by atoms with Crippen molar-refractivity contribution < 1.29 is 9.53 Å². The van der Waals surface area contributed by atoms with Crippen LogP contribution in [0, 0.1) is 6.92 Å². The molecule has 0 spiro atoms. The summed E-state index contributed by atoms with van der Waals surface area (Å²) >= 11 is 0. The first kappa shape index (κ1) is 14.9. The molecule has 0 saturated carbocycles. The number of likely N-dealkylation sites (tertiary alicyclic amines) is 1. The van der Waals surface area contributed by atoms with Gasteiger partial charge < -0.3 is 10.1 Å². The zero-order chi connectivity index (χ0) is 14.6. The molecule has 1 saturated heterocycles. The van der Waals surface area contributed by atoms with Crippen molar-refractivity contribution >= 4 is 5.91 Å². The number of aromatic nitrogens is 1. The maximum Gasteiger partial charge on any atom is 0.242 e. The number of hydrogen-bond acceptors (Lipinski definition) is 4. The van der Waals surface area contributed by atoms with Crippen molar-refractivity contribution in [3.63, 3.8) is 0 Å². The van der Waals surface area contributed by atoms with Gasteiger partial charge in [0.1, 0.15) is 5.54 Å². The molecule has 0 aromatic carbocycles. The van der Waals surface area contributed by atoms with Gasteiger partial charge in [-0.2, -0.15) is 0 Å². The zero-order valence-electron chi connectivity index (χ0n) is 12.5. The summed E-state index contributed by atoms with van der Waals surface area (Å²) in [5, 5.41) is 2.79. The second-order valence-electron chi connectivity index (χ2n) is 5.37. The Labute approximate surface area is 120 Å². The van der Waals surface area contributed by atoms with Crippen molar-refractivity contribution in [2.75, 3.05) is 27.3 Å². The molecular weight excluding hydrogens is 254 g/mol. The number of carbonyl (C=O) groups excluding carboxylic acids is 1. The number of aryl methyl sites for hydroxylation is 1. The highest BCUT2D eigenvalue weighted by molar-refractivity contribution is 5.86. The molecule has 1 fully saturated rings. The SMILES string of the molecule is CNC(=O)C1(COC)CCCN1Cc1ccncc1C. The molecule has 1 N–H and O–H groups in total. The van der Waals surface area contributed by atoms with Crippen LogP contribution in [0.2, 0.25) is 0 Å². The van der Waals surface area contributed by atoms with E-state index in [0.717, 1.165) is 31.5 Å². The summed E-state index contributed by atoms with van der Waals surface area (Å²) in [5.74, 6) is 0.0450. The molecule has 2 heterocycles. The highest BCUT2D eigenvalue weighted by atomic mass is 16.5. The lowest BCUT2D eigenvalue weighted by Crippen LogP contribution is -2.57. The molecule has 1 aliphatic rings. The van der Waals surface area contributed by atoms with E-state index >= 15 is 0 Å². The summed E-state index contributed by atoms with van der Waals surface area (Å²) in [5.41, 5.74) is 1.83. The van der Waals surface area contributed by atoms with E-state index in [0.29, 0.717) is 6.61 Å². The molecule has 1 aromatic rings. The minimum Gasteiger partial charge on any atom is -0.382 e. The second kappa shape index (κ2) is 6.33. The highest BCUT2D eigenvalue weighted by Gasteiger charge is 2.47. The number of nitrogens with zero attached hydrogens (tertiary/aromatic N) is 2. The van der Waals surface area contributed by atoms with E-state index in [4.69, 9.17) is 4.74 Å². The van der Waals surface area contributed by atoms with Crippen LogP contribution in [0.3, 0.4) is 0 Å². The molecule has 1 aromatic heterocycles. The van der Waals surface area contributed by atoms with E-state index in [1.165, 1.54) is 5.56 Å². The molecule has 5 heteroatoms. The fraction of sp³-hybridized carbons (Fsp3) is 0.600. The molecular formula is C15H23N3O2. The number of rotatable bonds is 5. The molecule has 1 atom stereocenters. The van der Waals surface area contributed by atoms with Crippen LogP contribution >= 0.6 is 0 Å². The van der Waals surface area contributed by atoms with Crippen LogP contribution in [0.1, 0.15) is 24.0 Å². The van der Waals surface area contributed by atoms with Crippen molar-refractivity contribution in [2.24, 2.45) is 0 Å². The molecule has 1 unspecified atom stereocenters. The number of amides is 1. The van der Waals surface area contributed by atoms with Crippen LogP contribution in [-0.4, -0.2) is 48.6 Å². The maximum absolute atomic E-state index is 12.4. The number of likely N-dealkylation sites (N-methyl/N-ethyl adjacent to an activating group) is 1. The van der Waals surface area contributed by atoms with Gasteiger partial charge >= 0.3 is 0 Å². The van der Waals surface area contributed by atoms with E-state index in [1.54, 1.807) is 20.4 Å². The van der Waals surface area contributed by atoms with E-state index in [9.17, 15) is 4.79 Å². The Hall–Kier alpha value is -1.46. The quantitative estimate of drug-likeness (QED) is 0.876. The van der Waals surface area contributed by atoms with Crippen molar-refractivity contribution in [3.8, 4) is 0 Å². The average molecular weight is 277 g/mol. The number of carbonyl (C=O) groups is 1. The lowest BCUT2D eigenvalue weighted by Gasteiger charge is -2.36. The minimum atomic E-state index is -0.542. The third-order valence-corrected chi connectivity index (χ3v) is 4.15. The lowest BCUT2D eigenvalue weighted by atomic mass is 9.95. The zero-order valence-corrected chi connectivity index (χ0v) is 12.5. The van der Waals surface area contributed by atoms with E-state index in [2.05, 4.69) is 22.1 Å². The lowest BCUT2D eigenvalue weighted by molar-refractivity contribution is -0.135. The van der Waals surface area contributed by atoms with Gasteiger partial charge in [-0.15, -0.1) is 0 Å². The second-order valence-corrected chi connectivity index (χ2v) is 5.37. The number of methoxy groups -OCH3 is 1. The first-order chi connectivity index (χ1) is 9.64. The largest absolute Gasteiger partial charge is 0.382 e. The summed E-state index contributed by atoms with van der Waals surface area (Å²) in [7, 11) is 3.34. The summed E-state index contributed by atoms with van der Waals surface area (Å²) in [6, 6.07) is 2.02. The van der Waals surface area contributed by atoms with Gasteiger partial charge in [0.15, 0.2) is 0 Å². The van der Waals surface area contributed by atoms with Gasteiger partial charge in [-0.1, -0.05) is 0 Å². The van der Waals surface area contributed by atoms with Crippen LogP contribution in [0.5, 0.6) is 0 Å². The van der Waals surface area contributed by atoms with Crippen LogP contribution in [0.4, 0.5) is 0 Å². The number of ether oxygens (including phenoxy) is 1. The Morgan fingerprint density at radius 3 is 3.05 bits per heavy atom. The summed E-state index contributed by atoms with van der Waals surface area (Å²) in [6.07, 6.45) is 5.52. The van der Waals surface area contributed by atoms with Crippen molar-refractivity contribution in [2.45, 2.75) is 31.8 Å². The van der Waals surface area contributed by atoms with Crippen LogP contribution in [-0.2, 0) is 16.1 Å². The van der Waals surface area contributed by atoms with Crippen molar-refractivity contribution in [3.05, 3.63) is 29.6 Å². The Balaban J connectivity index is 2.25. The molecule has 1 amide bonds. The molecule has 5 nitrogen and oxygen atoms in total. The monoisotopic (exact) mass is 277 g/mol. The molecule has 0 aliphatic carbocycles. The van der Waals surface area contributed by atoms with Gasteiger partial charge in [-0.05, 0) is 43.5 Å². The van der Waals surface area contributed by atoms with Gasteiger partial charge in [0.25, 0.3) is 0 Å². The van der Waals surface area contributed by atoms with Crippen molar-refractivity contribution in [1.29, 1.82) is 0 Å². The Kier molecular flexibility index (Phi) is 4.73. The molecule has 1 aliphatic heterocycles. The van der Waals surface area contributed by atoms with Crippen LogP contribution in [0.25, 0.3) is 0 Å². The Morgan fingerprint density at radius 1 is 1.60 bits per heavy atom. The molecule has 0 bridgehead atoms. The Bertz CT molecular complexity index is 478. The fourth-order valence-corrected chi connectivity index (χ4v) is 3.01. The first-order valence-electron chi connectivity index (χ1n) is 6.99. The predicted molar refractivity (Wildman–Crippen MR) is 77.3 cm³/mol. The van der Waals surface area contributed by atoms with E-state index in [-0.39, 0.29) is 5.91 Å². The summed E-state index contributed by atoms with van der Waals surface area (Å²) in [6.45, 7) is 4.15. The maximum atomic E-state index is 12.4. The van der Waals surface area contributed by atoms with E-state index in [1.807, 2.05) is 12.3 Å². The summed E-state index contributed by atoms with van der Waals surface area (Å²) in [4.78, 5) is 18.7. The van der Waals surface area contributed by atoms with E-state index < -0.39 is 5.54 Å². The number of nitrogens with one attached hydrogen (secondary N) is 1. The van der Waals surface area contributed by atoms with Gasteiger partial charge in [-0.25, -0.2) is 0 Å². The first-order valence-corrected chi connectivity index (χ1v) is 6.99. The third kappa shape index (κ3) is 2.69. The fourth-order valence-electron chi connectivity index (χ4n) is 3.01. The standard InChI is InChI=1S/C15H23N3O2/c1-12-9-17-7-5-13(12)10-18-8-4-6-15(18,11-20-3)14(19)16-2/h5,7,9H,4,6,8,10-11H2,1-3H3,(H,16,19). The molecule has 2 rings (SSSR count). The Morgan fingerprint density at radius 2 is 2.40 bits per heavy atom. The van der Waals surface area contributed by atoms with Gasteiger partial charge in [0, 0.05) is 33.1 Å². The third-order valence-electron chi connectivity index (χ3n) is 4.15. The molecule has 110 valence electrons. The summed E-state index contributed by atoms with van der Waals surface area (Å²) < 4.78 is 5.34. The smallest absolute Gasteiger partial charge is 0.242 e. The predicted octanol–water partition coefficient (Wildman–Crippen LogP) is 1.12. The highest BCUT2D eigenvalue weighted by Crippen LogP contribution is 2.32. The average Bonchev–Trinajstić information content (AvgIpc) is 2.85. The molecule has 20 heavy (non-hydrogen) atoms. The topological polar surface area (TPSA) is 54.5 Å². The van der Waals surface area contributed by atoms with Crippen LogP contribution in [0.15, 0.2) is 18.5 Å².